The van der Waals surface area contributed by atoms with Crippen LogP contribution in [0.25, 0.3) is 0 Å². The number of benzene rings is 1. The van der Waals surface area contributed by atoms with E-state index >= 15 is 0 Å². The molecule has 2 nitrogen and oxygen atoms in total. The van der Waals surface area contributed by atoms with Crippen molar-refractivity contribution in [2.45, 2.75) is 85.5 Å². The molecule has 0 spiro atoms. The van der Waals surface area contributed by atoms with Crippen molar-refractivity contribution < 1.29 is 9.47 Å². The van der Waals surface area contributed by atoms with E-state index in [-0.39, 0.29) is 0 Å². The first-order valence-electron chi connectivity index (χ1n) is 10.6. The first-order chi connectivity index (χ1) is 12.9. The first kappa shape index (κ1) is 23.3. The molecule has 2 heteroatoms. The van der Waals surface area contributed by atoms with Gasteiger partial charge in [0.05, 0.1) is 13.2 Å². The third-order valence-electron chi connectivity index (χ3n) is 4.88. The molecule has 0 radical (unpaired) electrons. The highest BCUT2D eigenvalue weighted by atomic mass is 16.5. The molecule has 0 saturated carbocycles. The summed E-state index contributed by atoms with van der Waals surface area (Å²) in [5.74, 6) is 2.90. The Hall–Kier alpha value is -1.70. The average Bonchev–Trinajstić information content (AvgIpc) is 2.64. The lowest BCUT2D eigenvalue weighted by Gasteiger charge is -2.22. The normalized spacial score (nSPS) is 12.0. The molecule has 0 bridgehead atoms. The van der Waals surface area contributed by atoms with E-state index in [1.54, 1.807) is 0 Å². The molecule has 0 saturated heterocycles. The Morgan fingerprint density at radius 1 is 0.963 bits per heavy atom. The molecular weight excluding hydrogens is 332 g/mol. The fraction of sp³-hybridized carbons (Fsp3) is 0.600. The van der Waals surface area contributed by atoms with Gasteiger partial charge < -0.3 is 9.47 Å². The van der Waals surface area contributed by atoms with Crippen LogP contribution in [0.5, 0.6) is 11.5 Å². The minimum atomic E-state index is 0.402. The van der Waals surface area contributed by atoms with Gasteiger partial charge in [-0.1, -0.05) is 45.4 Å². The maximum atomic E-state index is 6.22. The van der Waals surface area contributed by atoms with Crippen LogP contribution in [0.2, 0.25) is 0 Å². The van der Waals surface area contributed by atoms with Crippen LogP contribution in [-0.2, 0) is 0 Å². The van der Waals surface area contributed by atoms with E-state index in [9.17, 15) is 0 Å². The van der Waals surface area contributed by atoms with E-state index in [1.165, 1.54) is 16.7 Å². The van der Waals surface area contributed by atoms with Crippen molar-refractivity contribution in [2.75, 3.05) is 13.2 Å². The van der Waals surface area contributed by atoms with Gasteiger partial charge in [-0.25, -0.2) is 0 Å². The summed E-state index contributed by atoms with van der Waals surface area (Å²) in [7, 11) is 0. The summed E-state index contributed by atoms with van der Waals surface area (Å²) in [6.45, 7) is 18.5. The molecule has 1 aromatic rings. The van der Waals surface area contributed by atoms with Crippen LogP contribution < -0.4 is 9.47 Å². The predicted octanol–water partition coefficient (Wildman–Crippen LogP) is 7.79. The number of hydrogen-bond donors (Lipinski definition) is 0. The number of hydrogen-bond acceptors (Lipinski definition) is 2. The van der Waals surface area contributed by atoms with E-state index in [1.807, 2.05) is 6.08 Å². The highest BCUT2D eigenvalue weighted by Gasteiger charge is 2.18. The van der Waals surface area contributed by atoms with Gasteiger partial charge in [0.1, 0.15) is 11.5 Å². The Kier molecular flexibility index (Phi) is 10.9. The SMILES string of the molecule is C=CCCCOc1cc(C(C)C)c(OCCCC=C(C)C)cc1C(C)CC. The Morgan fingerprint density at radius 3 is 2.04 bits per heavy atom. The number of allylic oxidation sites excluding steroid dienone is 3. The zero-order chi connectivity index (χ0) is 20.2. The van der Waals surface area contributed by atoms with E-state index in [0.29, 0.717) is 11.8 Å². The fourth-order valence-electron chi connectivity index (χ4n) is 2.96. The Bertz CT molecular complexity index is 595. The number of ether oxygens (including phenoxy) is 2. The molecular formula is C25H40O2. The molecule has 0 heterocycles. The predicted molar refractivity (Wildman–Crippen MR) is 118 cm³/mol. The van der Waals surface area contributed by atoms with Crippen molar-refractivity contribution in [3.8, 4) is 11.5 Å². The molecule has 0 aliphatic rings. The summed E-state index contributed by atoms with van der Waals surface area (Å²) in [5.41, 5.74) is 3.87. The molecule has 0 aliphatic heterocycles. The van der Waals surface area contributed by atoms with Crippen molar-refractivity contribution in [3.05, 3.63) is 47.6 Å². The summed E-state index contributed by atoms with van der Waals surface area (Å²) in [4.78, 5) is 0. The summed E-state index contributed by atoms with van der Waals surface area (Å²) in [6.07, 6.45) is 9.42. The molecule has 0 aromatic heterocycles. The third-order valence-corrected chi connectivity index (χ3v) is 4.88. The van der Waals surface area contributed by atoms with Crippen LogP contribution in [0.1, 0.15) is 96.6 Å². The minimum Gasteiger partial charge on any atom is -0.493 e. The highest BCUT2D eigenvalue weighted by Crippen LogP contribution is 2.38. The van der Waals surface area contributed by atoms with Gasteiger partial charge in [0.25, 0.3) is 0 Å². The topological polar surface area (TPSA) is 18.5 Å². The van der Waals surface area contributed by atoms with E-state index in [4.69, 9.17) is 9.47 Å². The lowest BCUT2D eigenvalue weighted by Crippen LogP contribution is -2.07. The maximum absolute atomic E-state index is 6.22. The minimum absolute atomic E-state index is 0.402. The summed E-state index contributed by atoms with van der Waals surface area (Å²) < 4.78 is 12.4. The summed E-state index contributed by atoms with van der Waals surface area (Å²) in [5, 5.41) is 0. The smallest absolute Gasteiger partial charge is 0.123 e. The standard InChI is InChI=1S/C25H40O2/c1-8-10-12-15-27-25-17-22(20(5)6)24(18-23(25)21(7)9-2)26-16-13-11-14-19(3)4/h8,14,17-18,20-21H,1,9-13,15-16H2,2-7H3. The fourth-order valence-corrected chi connectivity index (χ4v) is 2.96. The average molecular weight is 373 g/mol. The Morgan fingerprint density at radius 2 is 1.52 bits per heavy atom. The van der Waals surface area contributed by atoms with Crippen LogP contribution in [0, 0.1) is 0 Å². The van der Waals surface area contributed by atoms with Gasteiger partial charge in [-0.05, 0) is 69.9 Å². The van der Waals surface area contributed by atoms with Crippen molar-refractivity contribution in [1.82, 2.24) is 0 Å². The molecule has 0 amide bonds. The zero-order valence-electron chi connectivity index (χ0n) is 18.4. The van der Waals surface area contributed by atoms with E-state index in [0.717, 1.165) is 56.8 Å². The van der Waals surface area contributed by atoms with Crippen LogP contribution in [-0.4, -0.2) is 13.2 Å². The largest absolute Gasteiger partial charge is 0.493 e. The molecule has 27 heavy (non-hydrogen) atoms. The monoisotopic (exact) mass is 372 g/mol. The summed E-state index contributed by atoms with van der Waals surface area (Å²) in [6, 6.07) is 4.44. The lowest BCUT2D eigenvalue weighted by atomic mass is 9.92. The van der Waals surface area contributed by atoms with Gasteiger partial charge in [0.15, 0.2) is 0 Å². The van der Waals surface area contributed by atoms with E-state index in [2.05, 4.69) is 66.3 Å². The van der Waals surface area contributed by atoms with Gasteiger partial charge in [0, 0.05) is 11.1 Å². The summed E-state index contributed by atoms with van der Waals surface area (Å²) >= 11 is 0. The molecule has 1 aromatic carbocycles. The quantitative estimate of drug-likeness (QED) is 0.260. The van der Waals surface area contributed by atoms with Crippen LogP contribution >= 0.6 is 0 Å². The second kappa shape index (κ2) is 12.6. The van der Waals surface area contributed by atoms with Gasteiger partial charge in [-0.2, -0.15) is 0 Å². The van der Waals surface area contributed by atoms with Gasteiger partial charge in [-0.15, -0.1) is 6.58 Å². The van der Waals surface area contributed by atoms with Crippen molar-refractivity contribution in [2.24, 2.45) is 0 Å². The molecule has 1 unspecified atom stereocenters. The van der Waals surface area contributed by atoms with E-state index < -0.39 is 0 Å². The maximum Gasteiger partial charge on any atom is 0.123 e. The Balaban J connectivity index is 2.99. The van der Waals surface area contributed by atoms with Crippen LogP contribution in [0.3, 0.4) is 0 Å². The molecule has 1 atom stereocenters. The van der Waals surface area contributed by atoms with Gasteiger partial charge in [-0.3, -0.25) is 0 Å². The molecule has 1 rings (SSSR count). The number of rotatable bonds is 13. The first-order valence-corrected chi connectivity index (χ1v) is 10.6. The molecule has 0 aliphatic carbocycles. The van der Waals surface area contributed by atoms with Crippen molar-refractivity contribution >= 4 is 0 Å². The second-order valence-electron chi connectivity index (χ2n) is 7.94. The van der Waals surface area contributed by atoms with Crippen molar-refractivity contribution in [1.29, 1.82) is 0 Å². The third kappa shape index (κ3) is 8.24. The highest BCUT2D eigenvalue weighted by molar-refractivity contribution is 5.49. The molecule has 0 fully saturated rings. The van der Waals surface area contributed by atoms with Crippen LogP contribution in [0.4, 0.5) is 0 Å². The molecule has 0 N–H and O–H groups in total. The lowest BCUT2D eigenvalue weighted by molar-refractivity contribution is 0.296. The Labute approximate surface area is 167 Å². The van der Waals surface area contributed by atoms with Crippen LogP contribution in [0.15, 0.2) is 36.4 Å². The van der Waals surface area contributed by atoms with Crippen molar-refractivity contribution in [3.63, 3.8) is 0 Å². The number of unbranched alkanes of at least 4 members (excludes halogenated alkanes) is 2. The zero-order valence-corrected chi connectivity index (χ0v) is 18.4. The van der Waals surface area contributed by atoms with Gasteiger partial charge >= 0.3 is 0 Å². The van der Waals surface area contributed by atoms with Gasteiger partial charge in [0.2, 0.25) is 0 Å². The molecule has 152 valence electrons. The second-order valence-corrected chi connectivity index (χ2v) is 7.94.